The van der Waals surface area contributed by atoms with Crippen LogP contribution in [0.3, 0.4) is 0 Å². The number of nitrogens with zero attached hydrogens (tertiary/aromatic N) is 1. The molecule has 1 saturated carbocycles. The molecule has 0 aromatic carbocycles. The Morgan fingerprint density at radius 1 is 1.35 bits per heavy atom. The van der Waals surface area contributed by atoms with Crippen LogP contribution in [0.5, 0.6) is 0 Å². The topological polar surface area (TPSA) is 38.8 Å². The third-order valence-corrected chi connectivity index (χ3v) is 4.96. The smallest absolute Gasteiger partial charge is 0.307 e. The molecule has 116 valence electrons. The number of hydrogen-bond acceptors (Lipinski definition) is 4. The van der Waals surface area contributed by atoms with Gasteiger partial charge in [0.2, 0.25) is 0 Å². The van der Waals surface area contributed by atoms with Gasteiger partial charge in [0.15, 0.2) is 0 Å². The Morgan fingerprint density at radius 2 is 2.00 bits per heavy atom. The van der Waals surface area contributed by atoms with Crippen LogP contribution in [0.15, 0.2) is 0 Å². The van der Waals surface area contributed by atoms with Gasteiger partial charge in [0.05, 0.1) is 26.2 Å². The Kier molecular flexibility index (Phi) is 4.75. The highest BCUT2D eigenvalue weighted by Crippen LogP contribution is 2.52. The summed E-state index contributed by atoms with van der Waals surface area (Å²) in [4.78, 5) is 14.6. The number of carbonyl (C=O) groups is 1. The highest BCUT2D eigenvalue weighted by molar-refractivity contribution is 5.71. The summed E-state index contributed by atoms with van der Waals surface area (Å²) in [5.41, 5.74) is 0.254. The van der Waals surface area contributed by atoms with Crippen molar-refractivity contribution in [2.24, 2.45) is 11.3 Å². The zero-order valence-corrected chi connectivity index (χ0v) is 13.4. The largest absolute Gasteiger partial charge is 0.466 e. The maximum atomic E-state index is 12.1. The highest BCUT2D eigenvalue weighted by atomic mass is 16.5. The average molecular weight is 283 g/mol. The molecule has 4 nitrogen and oxygen atoms in total. The van der Waals surface area contributed by atoms with Crippen molar-refractivity contribution in [1.82, 2.24) is 4.90 Å². The van der Waals surface area contributed by atoms with Gasteiger partial charge < -0.3 is 9.47 Å². The molecular weight excluding hydrogens is 254 g/mol. The van der Waals surface area contributed by atoms with E-state index in [0.29, 0.717) is 24.4 Å². The molecule has 2 fully saturated rings. The fraction of sp³-hybridized carbons (Fsp3) is 0.938. The molecule has 1 aliphatic carbocycles. The normalized spacial score (nSPS) is 34.1. The highest BCUT2D eigenvalue weighted by Gasteiger charge is 2.53. The fourth-order valence-electron chi connectivity index (χ4n) is 4.34. The second kappa shape index (κ2) is 6.02. The lowest BCUT2D eigenvalue weighted by Gasteiger charge is -2.46. The van der Waals surface area contributed by atoms with Crippen LogP contribution < -0.4 is 0 Å². The minimum Gasteiger partial charge on any atom is -0.466 e. The van der Waals surface area contributed by atoms with Crippen molar-refractivity contribution < 1.29 is 14.3 Å². The minimum atomic E-state index is -0.0523. The van der Waals surface area contributed by atoms with E-state index in [1.807, 2.05) is 6.92 Å². The molecule has 20 heavy (non-hydrogen) atoms. The SMILES string of the molecule is CCOC(=O)CC1(N2CCOCC2)CC(C)(C)CC1C. The second-order valence-corrected chi connectivity index (χ2v) is 7.13. The molecule has 0 amide bonds. The molecule has 0 bridgehead atoms. The Hall–Kier alpha value is -0.610. The summed E-state index contributed by atoms with van der Waals surface area (Å²) < 4.78 is 10.7. The summed E-state index contributed by atoms with van der Waals surface area (Å²) in [5.74, 6) is 0.462. The zero-order chi connectivity index (χ0) is 14.8. The minimum absolute atomic E-state index is 0.0421. The van der Waals surface area contributed by atoms with Crippen LogP contribution >= 0.6 is 0 Å². The number of rotatable bonds is 4. The van der Waals surface area contributed by atoms with Gasteiger partial charge in [-0.2, -0.15) is 0 Å². The van der Waals surface area contributed by atoms with Crippen molar-refractivity contribution in [1.29, 1.82) is 0 Å². The molecule has 1 saturated heterocycles. The van der Waals surface area contributed by atoms with Crippen LogP contribution in [0.4, 0.5) is 0 Å². The fourth-order valence-corrected chi connectivity index (χ4v) is 4.34. The van der Waals surface area contributed by atoms with Crippen molar-refractivity contribution in [2.75, 3.05) is 32.9 Å². The third-order valence-electron chi connectivity index (χ3n) is 4.96. The van der Waals surface area contributed by atoms with E-state index in [1.54, 1.807) is 0 Å². The van der Waals surface area contributed by atoms with Crippen LogP contribution in [-0.4, -0.2) is 49.3 Å². The molecule has 1 aliphatic heterocycles. The zero-order valence-electron chi connectivity index (χ0n) is 13.4. The number of ether oxygens (including phenoxy) is 2. The number of morpholine rings is 1. The molecule has 2 aliphatic rings. The van der Waals surface area contributed by atoms with Crippen molar-refractivity contribution in [3.63, 3.8) is 0 Å². The van der Waals surface area contributed by atoms with Crippen LogP contribution in [-0.2, 0) is 14.3 Å². The van der Waals surface area contributed by atoms with Crippen LogP contribution in [0.1, 0.15) is 47.0 Å². The van der Waals surface area contributed by atoms with Crippen molar-refractivity contribution >= 4 is 5.97 Å². The van der Waals surface area contributed by atoms with E-state index in [2.05, 4.69) is 25.7 Å². The molecule has 0 aromatic heterocycles. The van der Waals surface area contributed by atoms with Crippen LogP contribution in [0, 0.1) is 11.3 Å². The molecule has 0 aromatic rings. The predicted octanol–water partition coefficient (Wildman–Crippen LogP) is 2.47. The summed E-state index contributed by atoms with van der Waals surface area (Å²) >= 11 is 0. The van der Waals surface area contributed by atoms with Crippen molar-refractivity contribution in [2.45, 2.75) is 52.5 Å². The first kappa shape index (κ1) is 15.8. The second-order valence-electron chi connectivity index (χ2n) is 7.13. The number of hydrogen-bond donors (Lipinski definition) is 0. The number of carbonyl (C=O) groups excluding carboxylic acids is 1. The average Bonchev–Trinajstić information content (AvgIpc) is 2.61. The summed E-state index contributed by atoms with van der Waals surface area (Å²) in [7, 11) is 0. The first-order valence-corrected chi connectivity index (χ1v) is 7.88. The standard InChI is InChI=1S/C16H29NO3/c1-5-20-14(18)11-16(17-6-8-19-9-7-17)12-15(3,4)10-13(16)2/h13H,5-12H2,1-4H3. The van der Waals surface area contributed by atoms with Gasteiger partial charge >= 0.3 is 5.97 Å². The van der Waals surface area contributed by atoms with Crippen molar-refractivity contribution in [3.05, 3.63) is 0 Å². The molecule has 1 heterocycles. The van der Waals surface area contributed by atoms with E-state index in [4.69, 9.17) is 9.47 Å². The van der Waals surface area contributed by atoms with Gasteiger partial charge in [-0.3, -0.25) is 9.69 Å². The molecule has 4 heteroatoms. The number of esters is 1. The van der Waals surface area contributed by atoms with Crippen LogP contribution in [0.25, 0.3) is 0 Å². The Bertz CT molecular complexity index is 350. The van der Waals surface area contributed by atoms with E-state index >= 15 is 0 Å². The lowest BCUT2D eigenvalue weighted by atomic mass is 9.81. The maximum Gasteiger partial charge on any atom is 0.307 e. The van der Waals surface area contributed by atoms with E-state index in [1.165, 1.54) is 6.42 Å². The Labute approximate surface area is 122 Å². The van der Waals surface area contributed by atoms with E-state index in [0.717, 1.165) is 32.7 Å². The first-order chi connectivity index (χ1) is 9.39. The van der Waals surface area contributed by atoms with Gasteiger partial charge in [0, 0.05) is 18.6 Å². The lowest BCUT2D eigenvalue weighted by Crippen LogP contribution is -2.56. The van der Waals surface area contributed by atoms with Gasteiger partial charge in [0.25, 0.3) is 0 Å². The quantitative estimate of drug-likeness (QED) is 0.743. The lowest BCUT2D eigenvalue weighted by molar-refractivity contribution is -0.149. The monoisotopic (exact) mass is 283 g/mol. The van der Waals surface area contributed by atoms with Gasteiger partial charge in [-0.1, -0.05) is 20.8 Å². The van der Waals surface area contributed by atoms with Crippen molar-refractivity contribution in [3.8, 4) is 0 Å². The molecular formula is C16H29NO3. The van der Waals surface area contributed by atoms with Gasteiger partial charge in [-0.05, 0) is 31.1 Å². The van der Waals surface area contributed by atoms with E-state index in [-0.39, 0.29) is 11.5 Å². The van der Waals surface area contributed by atoms with E-state index in [9.17, 15) is 4.79 Å². The summed E-state index contributed by atoms with van der Waals surface area (Å²) in [6.07, 6.45) is 2.76. The van der Waals surface area contributed by atoms with Gasteiger partial charge in [0.1, 0.15) is 0 Å². The maximum absolute atomic E-state index is 12.1. The van der Waals surface area contributed by atoms with Crippen LogP contribution in [0.2, 0.25) is 0 Å². The Morgan fingerprint density at radius 3 is 2.50 bits per heavy atom. The third kappa shape index (κ3) is 3.17. The molecule has 0 radical (unpaired) electrons. The molecule has 0 N–H and O–H groups in total. The van der Waals surface area contributed by atoms with E-state index < -0.39 is 0 Å². The van der Waals surface area contributed by atoms with Gasteiger partial charge in [-0.25, -0.2) is 0 Å². The molecule has 2 rings (SSSR count). The van der Waals surface area contributed by atoms with Gasteiger partial charge in [-0.15, -0.1) is 0 Å². The summed E-state index contributed by atoms with van der Waals surface area (Å²) in [6.45, 7) is 12.7. The Balaban J connectivity index is 2.21. The summed E-state index contributed by atoms with van der Waals surface area (Å²) in [6, 6.07) is 0. The summed E-state index contributed by atoms with van der Waals surface area (Å²) in [5, 5.41) is 0. The first-order valence-electron chi connectivity index (χ1n) is 7.88. The predicted molar refractivity (Wildman–Crippen MR) is 78.6 cm³/mol. The molecule has 2 unspecified atom stereocenters. The molecule has 2 atom stereocenters. The molecule has 0 spiro atoms.